The van der Waals surface area contributed by atoms with Gasteiger partial charge < -0.3 is 10.4 Å². The highest BCUT2D eigenvalue weighted by molar-refractivity contribution is 5.19. The van der Waals surface area contributed by atoms with E-state index in [1.54, 1.807) is 0 Å². The quantitative estimate of drug-likeness (QED) is 0.847. The number of hydrogen-bond acceptors (Lipinski definition) is 2. The van der Waals surface area contributed by atoms with Gasteiger partial charge in [0, 0.05) is 12.1 Å². The maximum Gasteiger partial charge on any atom is 0.130 e. The van der Waals surface area contributed by atoms with Crippen molar-refractivity contribution in [2.45, 2.75) is 31.9 Å². The molecule has 4 heteroatoms. The van der Waals surface area contributed by atoms with Gasteiger partial charge >= 0.3 is 0 Å². The van der Waals surface area contributed by atoms with Gasteiger partial charge in [0.1, 0.15) is 11.6 Å². The SMILES string of the molecule is OC1CCC(CNCc2c(F)cccc2F)C1. The summed E-state index contributed by atoms with van der Waals surface area (Å²) in [6.45, 7) is 0.899. The molecule has 2 N–H and O–H groups in total. The van der Waals surface area contributed by atoms with Crippen LogP contribution in [0.3, 0.4) is 0 Å². The number of nitrogens with one attached hydrogen (secondary N) is 1. The minimum absolute atomic E-state index is 0.0889. The Morgan fingerprint density at radius 2 is 1.94 bits per heavy atom. The molecule has 17 heavy (non-hydrogen) atoms. The molecule has 0 spiro atoms. The molecule has 2 rings (SSSR count). The Morgan fingerprint density at radius 3 is 2.53 bits per heavy atom. The highest BCUT2D eigenvalue weighted by Gasteiger charge is 2.22. The summed E-state index contributed by atoms with van der Waals surface area (Å²) in [5.74, 6) is -0.604. The fourth-order valence-corrected chi connectivity index (χ4v) is 2.34. The molecule has 94 valence electrons. The van der Waals surface area contributed by atoms with E-state index in [0.29, 0.717) is 12.5 Å². The molecule has 0 radical (unpaired) electrons. The van der Waals surface area contributed by atoms with Crippen molar-refractivity contribution in [3.05, 3.63) is 35.4 Å². The van der Waals surface area contributed by atoms with Crippen LogP contribution in [-0.4, -0.2) is 17.8 Å². The number of rotatable bonds is 4. The van der Waals surface area contributed by atoms with E-state index in [-0.39, 0.29) is 18.2 Å². The highest BCUT2D eigenvalue weighted by atomic mass is 19.1. The van der Waals surface area contributed by atoms with E-state index in [1.165, 1.54) is 18.2 Å². The van der Waals surface area contributed by atoms with E-state index in [4.69, 9.17) is 0 Å². The molecule has 0 saturated heterocycles. The van der Waals surface area contributed by atoms with E-state index < -0.39 is 11.6 Å². The largest absolute Gasteiger partial charge is 0.393 e. The predicted molar refractivity (Wildman–Crippen MR) is 61.4 cm³/mol. The normalized spacial score (nSPS) is 24.2. The van der Waals surface area contributed by atoms with Gasteiger partial charge in [0.05, 0.1) is 6.10 Å². The monoisotopic (exact) mass is 241 g/mol. The zero-order chi connectivity index (χ0) is 12.3. The van der Waals surface area contributed by atoms with Crippen LogP contribution in [-0.2, 0) is 6.54 Å². The third-order valence-electron chi connectivity index (χ3n) is 3.31. The van der Waals surface area contributed by atoms with Gasteiger partial charge in [0.15, 0.2) is 0 Å². The Bertz CT molecular complexity index is 363. The van der Waals surface area contributed by atoms with Crippen LogP contribution in [0.4, 0.5) is 8.78 Å². The van der Waals surface area contributed by atoms with Gasteiger partial charge in [-0.05, 0) is 43.9 Å². The van der Waals surface area contributed by atoms with Crippen LogP contribution in [0, 0.1) is 17.6 Å². The second-order valence-electron chi connectivity index (χ2n) is 4.66. The Kier molecular flexibility index (Phi) is 4.07. The summed E-state index contributed by atoms with van der Waals surface area (Å²) in [6, 6.07) is 3.89. The van der Waals surface area contributed by atoms with Crippen molar-refractivity contribution in [1.82, 2.24) is 5.32 Å². The molecule has 1 aliphatic rings. The molecule has 0 aromatic heterocycles. The van der Waals surface area contributed by atoms with Crippen LogP contribution < -0.4 is 5.32 Å². The number of halogens is 2. The topological polar surface area (TPSA) is 32.3 Å². The van der Waals surface area contributed by atoms with Crippen LogP contribution in [0.25, 0.3) is 0 Å². The van der Waals surface area contributed by atoms with Crippen molar-refractivity contribution in [2.24, 2.45) is 5.92 Å². The Labute approximate surface area is 99.7 Å². The first kappa shape index (κ1) is 12.5. The fraction of sp³-hybridized carbons (Fsp3) is 0.538. The lowest BCUT2D eigenvalue weighted by Crippen LogP contribution is -2.22. The summed E-state index contributed by atoms with van der Waals surface area (Å²) in [7, 11) is 0. The Hall–Kier alpha value is -1.00. The molecule has 0 bridgehead atoms. The number of benzene rings is 1. The molecule has 1 aromatic rings. The second kappa shape index (κ2) is 5.56. The van der Waals surface area contributed by atoms with Crippen molar-refractivity contribution >= 4 is 0 Å². The maximum absolute atomic E-state index is 13.3. The van der Waals surface area contributed by atoms with Crippen LogP contribution >= 0.6 is 0 Å². The average molecular weight is 241 g/mol. The summed E-state index contributed by atoms with van der Waals surface area (Å²) in [5, 5.41) is 12.4. The summed E-state index contributed by atoms with van der Waals surface area (Å²) >= 11 is 0. The minimum Gasteiger partial charge on any atom is -0.393 e. The lowest BCUT2D eigenvalue weighted by molar-refractivity contribution is 0.177. The van der Waals surface area contributed by atoms with Crippen LogP contribution in [0.15, 0.2) is 18.2 Å². The summed E-state index contributed by atoms with van der Waals surface area (Å²) in [5.41, 5.74) is 0.0889. The van der Waals surface area contributed by atoms with E-state index in [1.807, 2.05) is 0 Å². The van der Waals surface area contributed by atoms with E-state index in [2.05, 4.69) is 5.32 Å². The summed E-state index contributed by atoms with van der Waals surface area (Å²) < 4.78 is 26.6. The average Bonchev–Trinajstić information content (AvgIpc) is 2.69. The van der Waals surface area contributed by atoms with Crippen molar-refractivity contribution < 1.29 is 13.9 Å². The molecular weight excluding hydrogens is 224 g/mol. The molecule has 2 nitrogen and oxygen atoms in total. The molecule has 2 unspecified atom stereocenters. The Morgan fingerprint density at radius 1 is 1.24 bits per heavy atom. The van der Waals surface area contributed by atoms with Crippen LogP contribution in [0.2, 0.25) is 0 Å². The first-order chi connectivity index (χ1) is 8.16. The lowest BCUT2D eigenvalue weighted by atomic mass is 10.1. The van der Waals surface area contributed by atoms with Gasteiger partial charge in [0.2, 0.25) is 0 Å². The zero-order valence-corrected chi connectivity index (χ0v) is 9.63. The van der Waals surface area contributed by atoms with Crippen molar-refractivity contribution in [3.63, 3.8) is 0 Å². The fourth-order valence-electron chi connectivity index (χ4n) is 2.34. The van der Waals surface area contributed by atoms with Gasteiger partial charge in [-0.3, -0.25) is 0 Å². The van der Waals surface area contributed by atoms with Gasteiger partial charge in [0.25, 0.3) is 0 Å². The summed E-state index contributed by atoms with van der Waals surface area (Å²) in [4.78, 5) is 0. The van der Waals surface area contributed by atoms with Gasteiger partial charge in [-0.1, -0.05) is 6.07 Å². The zero-order valence-electron chi connectivity index (χ0n) is 9.63. The van der Waals surface area contributed by atoms with Crippen LogP contribution in [0.1, 0.15) is 24.8 Å². The molecule has 1 fully saturated rings. The molecule has 1 saturated carbocycles. The van der Waals surface area contributed by atoms with Gasteiger partial charge in [-0.2, -0.15) is 0 Å². The third-order valence-corrected chi connectivity index (χ3v) is 3.31. The van der Waals surface area contributed by atoms with E-state index in [9.17, 15) is 13.9 Å². The molecule has 2 atom stereocenters. The minimum atomic E-state index is -0.510. The van der Waals surface area contributed by atoms with Crippen molar-refractivity contribution in [3.8, 4) is 0 Å². The first-order valence-corrected chi connectivity index (χ1v) is 5.98. The predicted octanol–water partition coefficient (Wildman–Crippen LogP) is 2.22. The standard InChI is InChI=1S/C13H17F2NO/c14-12-2-1-3-13(15)11(12)8-16-7-9-4-5-10(17)6-9/h1-3,9-10,16-17H,4-8H2. The second-order valence-corrected chi connectivity index (χ2v) is 4.66. The smallest absolute Gasteiger partial charge is 0.130 e. The van der Waals surface area contributed by atoms with Gasteiger partial charge in [-0.15, -0.1) is 0 Å². The first-order valence-electron chi connectivity index (χ1n) is 5.98. The molecule has 1 aliphatic carbocycles. The number of aliphatic hydroxyl groups excluding tert-OH is 1. The van der Waals surface area contributed by atoms with Crippen molar-refractivity contribution in [1.29, 1.82) is 0 Å². The number of aliphatic hydroxyl groups is 1. The van der Waals surface area contributed by atoms with Crippen LogP contribution in [0.5, 0.6) is 0 Å². The Balaban J connectivity index is 1.82. The van der Waals surface area contributed by atoms with Gasteiger partial charge in [-0.25, -0.2) is 8.78 Å². The molecular formula is C13H17F2NO. The lowest BCUT2D eigenvalue weighted by Gasteiger charge is -2.11. The summed E-state index contributed by atoms with van der Waals surface area (Å²) in [6.07, 6.45) is 2.40. The molecule has 0 amide bonds. The molecule has 0 heterocycles. The maximum atomic E-state index is 13.3. The third kappa shape index (κ3) is 3.23. The highest BCUT2D eigenvalue weighted by Crippen LogP contribution is 2.24. The van der Waals surface area contributed by atoms with E-state index in [0.717, 1.165) is 19.3 Å². The molecule has 1 aromatic carbocycles. The molecule has 0 aliphatic heterocycles. The number of hydrogen-bond donors (Lipinski definition) is 2. The van der Waals surface area contributed by atoms with Crippen molar-refractivity contribution in [2.75, 3.05) is 6.54 Å². The van der Waals surface area contributed by atoms with E-state index >= 15 is 0 Å².